The molecule has 0 atom stereocenters. The lowest BCUT2D eigenvalue weighted by Crippen LogP contribution is -2.20. The monoisotopic (exact) mass is 960 g/mol. The third-order valence-electron chi connectivity index (χ3n) is 11.3. The molecule has 0 fully saturated rings. The Labute approximate surface area is 372 Å². The van der Waals surface area contributed by atoms with Crippen LogP contribution in [0.1, 0.15) is 151 Å². The summed E-state index contributed by atoms with van der Waals surface area (Å²) in [5.41, 5.74) is 4.53. The van der Waals surface area contributed by atoms with Crippen molar-refractivity contribution in [3.05, 3.63) is 93.0 Å². The Morgan fingerprint density at radius 1 is 0.312 bits per heavy atom. The highest BCUT2D eigenvalue weighted by Crippen LogP contribution is 2.65. The highest BCUT2D eigenvalue weighted by atomic mass is 31.2. The van der Waals surface area contributed by atoms with Crippen molar-refractivity contribution in [2.24, 2.45) is 0 Å². The molecule has 8 bridgehead atoms. The second-order valence-corrected chi connectivity index (χ2v) is 23.6. The van der Waals surface area contributed by atoms with Gasteiger partial charge in [-0.2, -0.15) is 0 Å². The summed E-state index contributed by atoms with van der Waals surface area (Å²) in [7, 11) is -18.2. The van der Waals surface area contributed by atoms with E-state index in [1.165, 1.54) is 24.3 Å². The van der Waals surface area contributed by atoms with Crippen LogP contribution in [0.5, 0.6) is 46.0 Å². The minimum absolute atomic E-state index is 0.0778. The molecule has 4 heterocycles. The first-order valence-corrected chi connectivity index (χ1v) is 27.2. The topological polar surface area (TPSA) is 179 Å². The van der Waals surface area contributed by atoms with E-state index in [4.69, 9.17) is 54.3 Å². The molecule has 0 spiro atoms. The van der Waals surface area contributed by atoms with Gasteiger partial charge in [0.1, 0.15) is 46.0 Å². The summed E-state index contributed by atoms with van der Waals surface area (Å²) >= 11 is 0. The fourth-order valence-corrected chi connectivity index (χ4v) is 14.4. The van der Waals surface area contributed by atoms with Crippen LogP contribution in [0.3, 0.4) is 0 Å². The van der Waals surface area contributed by atoms with Gasteiger partial charge in [0.15, 0.2) is 0 Å². The lowest BCUT2D eigenvalue weighted by molar-refractivity contribution is 0.163. The molecule has 0 saturated carbocycles. The minimum atomic E-state index is -4.56. The van der Waals surface area contributed by atoms with E-state index >= 15 is 0 Å². The Morgan fingerprint density at radius 3 is 0.578 bits per heavy atom. The summed E-state index contributed by atoms with van der Waals surface area (Å²) in [6.45, 7) is 21.2. The van der Waals surface area contributed by atoms with Crippen molar-refractivity contribution in [3.63, 3.8) is 0 Å². The molecule has 20 heteroatoms. The van der Waals surface area contributed by atoms with Crippen LogP contribution < -0.4 is 36.2 Å². The van der Waals surface area contributed by atoms with Crippen molar-refractivity contribution < 1.29 is 72.5 Å². The molecule has 64 heavy (non-hydrogen) atoms. The van der Waals surface area contributed by atoms with E-state index in [-0.39, 0.29) is 46.0 Å². The van der Waals surface area contributed by atoms with Crippen molar-refractivity contribution in [2.45, 2.75) is 131 Å². The largest absolute Gasteiger partial charge is 0.587 e. The number of rotatable bonds is 8. The maximum atomic E-state index is 14.9. The van der Waals surface area contributed by atoms with Crippen molar-refractivity contribution in [2.75, 3.05) is 0 Å². The fraction of sp³-hybridized carbons (Fsp3) is 0.455. The third-order valence-corrected chi connectivity index (χ3v) is 17.4. The first kappa shape index (κ1) is 45.2. The number of hydrogen-bond acceptors (Lipinski definition) is 16. The van der Waals surface area contributed by atoms with Gasteiger partial charge in [-0.1, -0.05) is 27.7 Å². The van der Waals surface area contributed by atoms with Crippen LogP contribution in [-0.4, -0.2) is 24.4 Å². The molecule has 0 unspecified atom stereocenters. The van der Waals surface area contributed by atoms with Gasteiger partial charge in [-0.3, -0.25) is 18.1 Å². The lowest BCUT2D eigenvalue weighted by atomic mass is 9.81. The molecule has 4 aliphatic heterocycles. The van der Waals surface area contributed by atoms with E-state index in [2.05, 4.69) is 0 Å². The van der Waals surface area contributed by atoms with Crippen molar-refractivity contribution >= 4 is 31.3 Å². The Morgan fingerprint density at radius 2 is 0.453 bits per heavy atom. The van der Waals surface area contributed by atoms with Crippen LogP contribution in [0.4, 0.5) is 0 Å². The minimum Gasteiger partial charge on any atom is -0.395 e. The van der Waals surface area contributed by atoms with E-state index in [1.54, 1.807) is 55.4 Å². The zero-order chi connectivity index (χ0) is 46.0. The zero-order valence-electron chi connectivity index (χ0n) is 37.6. The Bertz CT molecular complexity index is 2280. The van der Waals surface area contributed by atoms with Gasteiger partial charge in [0, 0.05) is 92.4 Å². The molecule has 4 aromatic carbocycles. The van der Waals surface area contributed by atoms with Crippen LogP contribution in [0.25, 0.3) is 0 Å². The molecule has 9 rings (SSSR count). The summed E-state index contributed by atoms with van der Waals surface area (Å²) in [5.74, 6) is -1.55. The molecule has 1 aliphatic carbocycles. The van der Waals surface area contributed by atoms with Crippen LogP contribution in [-0.2, 0) is 36.4 Å². The van der Waals surface area contributed by atoms with Crippen molar-refractivity contribution in [1.29, 1.82) is 0 Å². The van der Waals surface area contributed by atoms with E-state index in [1.807, 2.05) is 52.0 Å². The summed E-state index contributed by atoms with van der Waals surface area (Å²) in [4.78, 5) is 0. The molecule has 4 aromatic rings. The zero-order valence-corrected chi connectivity index (χ0v) is 41.1. The van der Waals surface area contributed by atoms with Gasteiger partial charge < -0.3 is 36.2 Å². The van der Waals surface area contributed by atoms with Crippen molar-refractivity contribution in [1.82, 2.24) is 0 Å². The molecular weight excluding hydrogens is 908 g/mol. The molecule has 0 N–H and O–H groups in total. The van der Waals surface area contributed by atoms with Crippen molar-refractivity contribution in [3.8, 4) is 46.0 Å². The highest BCUT2D eigenvalue weighted by Gasteiger charge is 2.46. The van der Waals surface area contributed by atoms with Gasteiger partial charge in [0.25, 0.3) is 0 Å². The normalized spacial score (nSPS) is 29.4. The molecular formula is C44H52O16P4. The maximum Gasteiger partial charge on any atom is 0.587 e. The average molecular weight is 961 g/mol. The van der Waals surface area contributed by atoms with Gasteiger partial charge in [0.05, 0.1) is 24.4 Å². The Balaban J connectivity index is 1.43. The number of hydrogen-bond donors (Lipinski definition) is 0. The van der Waals surface area contributed by atoms with Gasteiger partial charge in [0.2, 0.25) is 0 Å². The van der Waals surface area contributed by atoms with Gasteiger partial charge in [-0.15, -0.1) is 0 Å². The van der Waals surface area contributed by atoms with Gasteiger partial charge in [-0.05, 0) is 79.7 Å². The third kappa shape index (κ3) is 8.17. The predicted octanol–water partition coefficient (Wildman–Crippen LogP) is 13.8. The Hall–Kier alpha value is -3.96. The van der Waals surface area contributed by atoms with E-state index in [9.17, 15) is 18.3 Å². The summed E-state index contributed by atoms with van der Waals surface area (Å²) in [5, 5.41) is 0. The number of benzene rings is 4. The summed E-state index contributed by atoms with van der Waals surface area (Å²) in [6.07, 6.45) is -2.55. The molecule has 0 aromatic heterocycles. The highest BCUT2D eigenvalue weighted by molar-refractivity contribution is 7.50. The molecule has 5 aliphatic rings. The maximum absolute atomic E-state index is 14.9. The van der Waals surface area contributed by atoms with Crippen LogP contribution >= 0.6 is 31.3 Å². The average Bonchev–Trinajstić information content (AvgIpc) is 3.13. The Kier molecular flexibility index (Phi) is 11.2. The van der Waals surface area contributed by atoms with E-state index in [0.717, 1.165) is 0 Å². The van der Waals surface area contributed by atoms with Crippen LogP contribution in [0.15, 0.2) is 48.5 Å². The SMILES string of the molecule is CC(C)OP1(=O)Oc2cc3c4cc2C(C)c2cc5c(cc2O1)OP(=O)(OC(C)C)Oc1cc2c(cc1C5C)C(C)c1cc(c(cc1OP(=O)(OC(C)C)O2)OP(=O)(OC(C)C)O3)C4C. The van der Waals surface area contributed by atoms with Crippen LogP contribution in [0.2, 0.25) is 0 Å². The number of phosphoric acid groups is 4. The summed E-state index contributed by atoms with van der Waals surface area (Å²) < 4.78 is 134. The smallest absolute Gasteiger partial charge is 0.395 e. The van der Waals surface area contributed by atoms with E-state index < -0.39 is 79.4 Å². The molecule has 0 radical (unpaired) electrons. The molecule has 0 saturated heterocycles. The van der Waals surface area contributed by atoms with E-state index in [0.29, 0.717) is 44.5 Å². The van der Waals surface area contributed by atoms with Crippen LogP contribution in [0, 0.1) is 0 Å². The fourth-order valence-electron chi connectivity index (χ4n) is 8.63. The van der Waals surface area contributed by atoms with Gasteiger partial charge >= 0.3 is 31.3 Å². The first-order valence-electron chi connectivity index (χ1n) is 21.4. The second-order valence-electron chi connectivity index (χ2n) is 17.7. The molecule has 344 valence electrons. The second kappa shape index (κ2) is 15.8. The standard InChI is InChI=1S/C44H52O16P4/c1-21(2)49-61(45)53-37-17-39-31-13-29(37)25(9)30-14-32-27(11)34-16-36-28(12)35-15-33(26(31)10)41(57-62(46,55-39)50-22(3)4)19-43(35)59-64(48,52-24(7)8)60-44(36)20-42(34)58-63(47,51-23(5)6)56-40(32)18-38(30)54-61/h13-28H,1-12H3. The molecule has 16 nitrogen and oxygen atoms in total. The lowest BCUT2D eigenvalue weighted by Gasteiger charge is -2.35. The number of phosphoric ester groups is 4. The first-order chi connectivity index (χ1) is 29.9. The molecule has 0 amide bonds. The predicted molar refractivity (Wildman–Crippen MR) is 236 cm³/mol. The summed E-state index contributed by atoms with van der Waals surface area (Å²) in [6, 6.07) is 13.5. The van der Waals surface area contributed by atoms with Gasteiger partial charge in [-0.25, -0.2) is 18.3 Å². The quantitative estimate of drug-likeness (QED) is 0.152.